The van der Waals surface area contributed by atoms with E-state index in [0.29, 0.717) is 0 Å². The molecule has 3 heteroatoms. The minimum Gasteiger partial charge on any atom is -0.371 e. The van der Waals surface area contributed by atoms with Gasteiger partial charge in [0.05, 0.1) is 12.7 Å². The van der Waals surface area contributed by atoms with Crippen molar-refractivity contribution in [3.05, 3.63) is 35.9 Å². The van der Waals surface area contributed by atoms with Gasteiger partial charge in [0.25, 0.3) is 0 Å². The topological polar surface area (TPSA) is 32.8 Å². The summed E-state index contributed by atoms with van der Waals surface area (Å²) < 4.78 is 5.15. The van der Waals surface area contributed by atoms with Crippen LogP contribution < -0.4 is 0 Å². The lowest BCUT2D eigenvalue weighted by Gasteiger charge is -2.19. The predicted molar refractivity (Wildman–Crippen MR) is 62.1 cm³/mol. The summed E-state index contributed by atoms with van der Waals surface area (Å²) in [4.78, 5) is 13.3. The van der Waals surface area contributed by atoms with E-state index in [4.69, 9.17) is 4.74 Å². The third-order valence-corrected chi connectivity index (χ3v) is 2.78. The van der Waals surface area contributed by atoms with Crippen molar-refractivity contribution in [2.75, 3.05) is 19.7 Å². The molecule has 86 valence electrons. The highest BCUT2D eigenvalue weighted by Crippen LogP contribution is 2.11. The summed E-state index contributed by atoms with van der Waals surface area (Å²) >= 11 is 0. The molecule has 1 amide bonds. The lowest BCUT2D eigenvalue weighted by molar-refractivity contribution is -0.129. The molecule has 1 aliphatic heterocycles. The highest BCUT2D eigenvalue weighted by atomic mass is 16.6. The van der Waals surface area contributed by atoms with Crippen LogP contribution in [0.3, 0.4) is 0 Å². The van der Waals surface area contributed by atoms with Crippen LogP contribution in [0.5, 0.6) is 0 Å². The smallest absolute Gasteiger partial charge is 0.219 e. The van der Waals surface area contributed by atoms with Gasteiger partial charge < -0.3 is 9.64 Å². The highest BCUT2D eigenvalue weighted by Gasteiger charge is 2.26. The van der Waals surface area contributed by atoms with Crippen LogP contribution in [0.4, 0.5) is 0 Å². The van der Waals surface area contributed by atoms with E-state index in [1.807, 2.05) is 23.1 Å². The van der Waals surface area contributed by atoms with Gasteiger partial charge in [-0.25, -0.2) is 0 Å². The second-order valence-electron chi connectivity index (χ2n) is 4.16. The van der Waals surface area contributed by atoms with Crippen LogP contribution in [0.15, 0.2) is 30.3 Å². The van der Waals surface area contributed by atoms with Gasteiger partial charge in [-0.3, -0.25) is 4.79 Å². The molecule has 0 radical (unpaired) electrons. The van der Waals surface area contributed by atoms with Gasteiger partial charge in [0.15, 0.2) is 0 Å². The van der Waals surface area contributed by atoms with Crippen LogP contribution in [-0.4, -0.2) is 36.6 Å². The lowest BCUT2D eigenvalue weighted by Crippen LogP contribution is -2.34. The largest absolute Gasteiger partial charge is 0.371 e. The molecule has 0 aromatic heterocycles. The Bertz CT molecular complexity index is 346. The molecule has 0 N–H and O–H groups in total. The Morgan fingerprint density at radius 1 is 1.44 bits per heavy atom. The van der Waals surface area contributed by atoms with Crippen molar-refractivity contribution in [1.82, 2.24) is 4.90 Å². The molecule has 1 saturated heterocycles. The SMILES string of the molecule is CC(=O)N(CCc1ccccc1)CC1CO1. The van der Waals surface area contributed by atoms with Crippen LogP contribution in [0, 0.1) is 0 Å². The average molecular weight is 219 g/mol. The van der Waals surface area contributed by atoms with Crippen LogP contribution in [0.2, 0.25) is 0 Å². The van der Waals surface area contributed by atoms with E-state index in [0.717, 1.165) is 26.1 Å². The van der Waals surface area contributed by atoms with Gasteiger partial charge in [-0.2, -0.15) is 0 Å². The maximum absolute atomic E-state index is 11.4. The number of ether oxygens (including phenoxy) is 1. The zero-order chi connectivity index (χ0) is 11.4. The first-order valence-corrected chi connectivity index (χ1v) is 5.67. The number of rotatable bonds is 5. The first-order chi connectivity index (χ1) is 7.75. The summed E-state index contributed by atoms with van der Waals surface area (Å²) in [5.74, 6) is 0.131. The molecular weight excluding hydrogens is 202 g/mol. The molecule has 3 nitrogen and oxygen atoms in total. The minimum absolute atomic E-state index is 0.131. The summed E-state index contributed by atoms with van der Waals surface area (Å²) in [7, 11) is 0. The number of hydrogen-bond donors (Lipinski definition) is 0. The van der Waals surface area contributed by atoms with E-state index in [9.17, 15) is 4.79 Å². The van der Waals surface area contributed by atoms with Crippen molar-refractivity contribution in [2.45, 2.75) is 19.4 Å². The molecule has 0 aliphatic carbocycles. The zero-order valence-corrected chi connectivity index (χ0v) is 9.56. The highest BCUT2D eigenvalue weighted by molar-refractivity contribution is 5.73. The standard InChI is InChI=1S/C13H17NO2/c1-11(15)14(9-13-10-16-13)8-7-12-5-3-2-4-6-12/h2-6,13H,7-10H2,1H3. The predicted octanol–water partition coefficient (Wildman–Crippen LogP) is 1.48. The summed E-state index contributed by atoms with van der Waals surface area (Å²) in [5.41, 5.74) is 1.27. The monoisotopic (exact) mass is 219 g/mol. The molecule has 1 aliphatic rings. The number of hydrogen-bond acceptors (Lipinski definition) is 2. The van der Waals surface area contributed by atoms with E-state index in [1.54, 1.807) is 6.92 Å². The Kier molecular flexibility index (Phi) is 3.57. The van der Waals surface area contributed by atoms with Gasteiger partial charge in [0.2, 0.25) is 5.91 Å². The van der Waals surface area contributed by atoms with Crippen LogP contribution in [-0.2, 0) is 16.0 Å². The van der Waals surface area contributed by atoms with Crippen molar-refractivity contribution < 1.29 is 9.53 Å². The molecule has 1 unspecified atom stereocenters. The van der Waals surface area contributed by atoms with Crippen molar-refractivity contribution in [3.8, 4) is 0 Å². The number of amides is 1. The summed E-state index contributed by atoms with van der Waals surface area (Å²) in [6.45, 7) is 3.93. The van der Waals surface area contributed by atoms with Gasteiger partial charge in [-0.1, -0.05) is 30.3 Å². The molecule has 2 rings (SSSR count). The van der Waals surface area contributed by atoms with E-state index in [2.05, 4.69) is 12.1 Å². The normalized spacial score (nSPS) is 18.2. The first-order valence-electron chi connectivity index (χ1n) is 5.67. The number of benzene rings is 1. The number of carbonyl (C=O) groups excluding carboxylic acids is 1. The van der Waals surface area contributed by atoms with Gasteiger partial charge in [-0.15, -0.1) is 0 Å². The quantitative estimate of drug-likeness (QED) is 0.703. The van der Waals surface area contributed by atoms with Crippen molar-refractivity contribution in [2.24, 2.45) is 0 Å². The zero-order valence-electron chi connectivity index (χ0n) is 9.56. The summed E-state index contributed by atoms with van der Waals surface area (Å²) in [5, 5.41) is 0. The van der Waals surface area contributed by atoms with E-state index >= 15 is 0 Å². The van der Waals surface area contributed by atoms with Crippen LogP contribution in [0.25, 0.3) is 0 Å². The van der Waals surface area contributed by atoms with Gasteiger partial charge in [0, 0.05) is 20.0 Å². The molecule has 1 atom stereocenters. The fourth-order valence-corrected chi connectivity index (χ4v) is 1.71. The van der Waals surface area contributed by atoms with Crippen LogP contribution >= 0.6 is 0 Å². The Morgan fingerprint density at radius 3 is 2.69 bits per heavy atom. The lowest BCUT2D eigenvalue weighted by atomic mass is 10.1. The van der Waals surface area contributed by atoms with Gasteiger partial charge in [-0.05, 0) is 12.0 Å². The first kappa shape index (κ1) is 11.1. The molecule has 16 heavy (non-hydrogen) atoms. The molecular formula is C13H17NO2. The maximum atomic E-state index is 11.4. The summed E-state index contributed by atoms with van der Waals surface area (Å²) in [6.07, 6.45) is 1.19. The van der Waals surface area contributed by atoms with E-state index in [-0.39, 0.29) is 12.0 Å². The van der Waals surface area contributed by atoms with Crippen molar-refractivity contribution >= 4 is 5.91 Å². The number of carbonyl (C=O) groups is 1. The third-order valence-electron chi connectivity index (χ3n) is 2.78. The molecule has 1 aromatic carbocycles. The fourth-order valence-electron chi connectivity index (χ4n) is 1.71. The number of nitrogens with zero attached hydrogens (tertiary/aromatic N) is 1. The molecule has 0 spiro atoms. The molecule has 0 bridgehead atoms. The van der Waals surface area contributed by atoms with Gasteiger partial charge in [0.1, 0.15) is 0 Å². The maximum Gasteiger partial charge on any atom is 0.219 e. The van der Waals surface area contributed by atoms with E-state index < -0.39 is 0 Å². The van der Waals surface area contributed by atoms with Crippen LogP contribution in [0.1, 0.15) is 12.5 Å². The summed E-state index contributed by atoms with van der Waals surface area (Å²) in [6, 6.07) is 10.2. The third kappa shape index (κ3) is 3.35. The van der Waals surface area contributed by atoms with Crippen molar-refractivity contribution in [3.63, 3.8) is 0 Å². The second kappa shape index (κ2) is 5.12. The second-order valence-corrected chi connectivity index (χ2v) is 4.16. The fraction of sp³-hybridized carbons (Fsp3) is 0.462. The van der Waals surface area contributed by atoms with Gasteiger partial charge >= 0.3 is 0 Å². The molecule has 1 heterocycles. The molecule has 1 fully saturated rings. The molecule has 1 aromatic rings. The number of epoxide rings is 1. The molecule has 0 saturated carbocycles. The Balaban J connectivity index is 1.83. The Morgan fingerprint density at radius 2 is 2.12 bits per heavy atom. The van der Waals surface area contributed by atoms with Crippen molar-refractivity contribution in [1.29, 1.82) is 0 Å². The minimum atomic E-state index is 0.131. The Labute approximate surface area is 96.0 Å². The van der Waals surface area contributed by atoms with E-state index in [1.165, 1.54) is 5.56 Å². The Hall–Kier alpha value is -1.35. The average Bonchev–Trinajstić information content (AvgIpc) is 3.09.